The number of nitrogens with zero attached hydrogens (tertiary/aromatic N) is 5. The lowest BCUT2D eigenvalue weighted by atomic mass is 9.87. The molecule has 174 valence electrons. The molecular formula is C21H25N7O4S. The van der Waals surface area contributed by atoms with Gasteiger partial charge in [-0.05, 0) is 25.0 Å². The van der Waals surface area contributed by atoms with Crippen LogP contribution in [0.4, 0.5) is 5.95 Å². The van der Waals surface area contributed by atoms with E-state index >= 15 is 0 Å². The van der Waals surface area contributed by atoms with Gasteiger partial charge in [-0.3, -0.25) is 9.48 Å². The van der Waals surface area contributed by atoms with Crippen LogP contribution < -0.4 is 14.8 Å². The summed E-state index contributed by atoms with van der Waals surface area (Å²) in [5, 5.41) is 6.42. The smallest absolute Gasteiger partial charge is 0.269 e. The molecule has 1 saturated carbocycles. The van der Waals surface area contributed by atoms with Crippen LogP contribution in [0.2, 0.25) is 0 Å². The summed E-state index contributed by atoms with van der Waals surface area (Å²) in [6.07, 6.45) is 9.34. The Morgan fingerprint density at radius 1 is 1.15 bits per heavy atom. The fraction of sp³-hybridized carbons (Fsp3) is 0.381. The number of hydrogen-bond donors (Lipinski definition) is 2. The van der Waals surface area contributed by atoms with E-state index in [0.29, 0.717) is 5.75 Å². The van der Waals surface area contributed by atoms with Crippen LogP contribution >= 0.6 is 0 Å². The predicted octanol–water partition coefficient (Wildman–Crippen LogP) is 2.61. The number of pyridine rings is 1. The van der Waals surface area contributed by atoms with E-state index in [1.807, 2.05) is 0 Å². The summed E-state index contributed by atoms with van der Waals surface area (Å²) in [5.41, 5.74) is 0.971. The third kappa shape index (κ3) is 5.45. The molecule has 33 heavy (non-hydrogen) atoms. The van der Waals surface area contributed by atoms with Gasteiger partial charge in [-0.15, -0.1) is 0 Å². The van der Waals surface area contributed by atoms with Gasteiger partial charge in [0.05, 0.1) is 18.1 Å². The number of carbonyl (C=O) groups is 1. The van der Waals surface area contributed by atoms with Crippen LogP contribution in [0.15, 0.2) is 41.7 Å². The molecule has 1 aliphatic rings. The third-order valence-corrected chi connectivity index (χ3v) is 6.66. The minimum atomic E-state index is -3.92. The molecule has 4 rings (SSSR count). The first kappa shape index (κ1) is 22.6. The highest BCUT2D eigenvalue weighted by atomic mass is 32.2. The second-order valence-corrected chi connectivity index (χ2v) is 9.49. The number of rotatable bonds is 7. The van der Waals surface area contributed by atoms with Crippen molar-refractivity contribution in [3.63, 3.8) is 0 Å². The highest BCUT2D eigenvalue weighted by Gasteiger charge is 2.22. The Morgan fingerprint density at radius 2 is 1.94 bits per heavy atom. The summed E-state index contributed by atoms with van der Waals surface area (Å²) >= 11 is 0. The number of hydrogen-bond acceptors (Lipinski definition) is 8. The highest BCUT2D eigenvalue weighted by Crippen LogP contribution is 2.34. The van der Waals surface area contributed by atoms with Crippen molar-refractivity contribution in [2.45, 2.75) is 42.9 Å². The van der Waals surface area contributed by atoms with Crippen molar-refractivity contribution < 1.29 is 17.9 Å². The zero-order chi connectivity index (χ0) is 23.4. The molecule has 0 aromatic carbocycles. The molecule has 0 spiro atoms. The number of aryl methyl sites for hydroxylation is 1. The van der Waals surface area contributed by atoms with Crippen LogP contribution in [0, 0.1) is 0 Å². The summed E-state index contributed by atoms with van der Waals surface area (Å²) in [5.74, 6) is 0.350. The molecule has 0 bridgehead atoms. The molecule has 11 nitrogen and oxygen atoms in total. The van der Waals surface area contributed by atoms with Crippen LogP contribution in [0.5, 0.6) is 11.6 Å². The van der Waals surface area contributed by atoms with Crippen molar-refractivity contribution in [1.29, 1.82) is 0 Å². The second kappa shape index (κ2) is 9.53. The van der Waals surface area contributed by atoms with Crippen molar-refractivity contribution in [2.75, 3.05) is 11.8 Å². The normalized spacial score (nSPS) is 14.6. The molecule has 1 amide bonds. The van der Waals surface area contributed by atoms with Crippen LogP contribution in [-0.4, -0.2) is 46.1 Å². The van der Waals surface area contributed by atoms with Gasteiger partial charge >= 0.3 is 0 Å². The molecule has 0 saturated heterocycles. The molecule has 0 unspecified atom stereocenters. The van der Waals surface area contributed by atoms with Crippen LogP contribution in [-0.2, 0) is 17.1 Å². The van der Waals surface area contributed by atoms with Crippen molar-refractivity contribution in [3.8, 4) is 11.6 Å². The molecule has 1 aliphatic carbocycles. The van der Waals surface area contributed by atoms with Gasteiger partial charge in [0, 0.05) is 32.3 Å². The largest absolute Gasteiger partial charge is 0.437 e. The van der Waals surface area contributed by atoms with Gasteiger partial charge in [0.2, 0.25) is 11.8 Å². The average molecular weight is 472 g/mol. The summed E-state index contributed by atoms with van der Waals surface area (Å²) in [6, 6.07) is 4.85. The Balaban J connectivity index is 1.63. The first-order chi connectivity index (χ1) is 15.8. The van der Waals surface area contributed by atoms with Crippen LogP contribution in [0.1, 0.15) is 54.2 Å². The maximum absolute atomic E-state index is 12.8. The minimum Gasteiger partial charge on any atom is -0.437 e. The summed E-state index contributed by atoms with van der Waals surface area (Å²) < 4.78 is 35.2. The number of ether oxygens (including phenoxy) is 1. The van der Waals surface area contributed by atoms with Gasteiger partial charge in [0.1, 0.15) is 16.3 Å². The predicted molar refractivity (Wildman–Crippen MR) is 120 cm³/mol. The lowest BCUT2D eigenvalue weighted by molar-refractivity contribution is 0.0958. The van der Waals surface area contributed by atoms with E-state index < -0.39 is 10.0 Å². The first-order valence-corrected chi connectivity index (χ1v) is 12.1. The van der Waals surface area contributed by atoms with E-state index in [0.717, 1.165) is 31.4 Å². The summed E-state index contributed by atoms with van der Waals surface area (Å²) in [6.45, 7) is 0. The van der Waals surface area contributed by atoms with Gasteiger partial charge in [-0.1, -0.05) is 19.3 Å². The Bertz CT molecular complexity index is 1240. The minimum absolute atomic E-state index is 0.00753. The Hall–Kier alpha value is -3.54. The Kier molecular flexibility index (Phi) is 6.54. The maximum atomic E-state index is 12.8. The highest BCUT2D eigenvalue weighted by molar-refractivity contribution is 7.92. The lowest BCUT2D eigenvalue weighted by Crippen LogP contribution is -2.18. The van der Waals surface area contributed by atoms with Crippen molar-refractivity contribution in [2.24, 2.45) is 7.05 Å². The molecule has 3 heterocycles. The number of aromatic nitrogens is 5. The fourth-order valence-electron chi connectivity index (χ4n) is 3.69. The zero-order valence-corrected chi connectivity index (χ0v) is 19.2. The van der Waals surface area contributed by atoms with Gasteiger partial charge in [0.25, 0.3) is 15.9 Å². The van der Waals surface area contributed by atoms with Gasteiger partial charge in [0.15, 0.2) is 0 Å². The van der Waals surface area contributed by atoms with E-state index in [-0.39, 0.29) is 34.2 Å². The Morgan fingerprint density at radius 3 is 2.58 bits per heavy atom. The standard InChI is InChI=1S/C21H25N7O4S/c1-22-20(29)17-9-8-15(11-23-17)32-19-10-18(14-6-4-3-5-7-14)25-21(26-19)27-33(30,31)16-12-24-28(2)13-16/h8-14H,3-7H2,1-2H3,(H,22,29)(H,25,26,27). The van der Waals surface area contributed by atoms with E-state index in [2.05, 4.69) is 30.1 Å². The maximum Gasteiger partial charge on any atom is 0.269 e. The lowest BCUT2D eigenvalue weighted by Gasteiger charge is -2.22. The molecule has 1 fully saturated rings. The summed E-state index contributed by atoms with van der Waals surface area (Å²) in [7, 11) is -0.761. The molecule has 0 aliphatic heterocycles. The monoisotopic (exact) mass is 471 g/mol. The molecule has 0 radical (unpaired) electrons. The van der Waals surface area contributed by atoms with Crippen molar-refractivity contribution >= 4 is 21.9 Å². The molecule has 0 atom stereocenters. The quantitative estimate of drug-likeness (QED) is 0.536. The second-order valence-electron chi connectivity index (χ2n) is 7.81. The third-order valence-electron chi connectivity index (χ3n) is 5.38. The molecule has 12 heteroatoms. The number of nitrogens with one attached hydrogen (secondary N) is 2. The molecular weight excluding hydrogens is 446 g/mol. The Labute approximate surface area is 191 Å². The average Bonchev–Trinajstić information content (AvgIpc) is 3.26. The topological polar surface area (TPSA) is 141 Å². The first-order valence-electron chi connectivity index (χ1n) is 10.6. The van der Waals surface area contributed by atoms with Crippen molar-refractivity contribution in [3.05, 3.63) is 48.2 Å². The van der Waals surface area contributed by atoms with Gasteiger partial charge in [-0.25, -0.2) is 23.1 Å². The number of sulfonamides is 1. The van der Waals surface area contributed by atoms with E-state index in [1.165, 1.54) is 42.8 Å². The van der Waals surface area contributed by atoms with E-state index in [9.17, 15) is 13.2 Å². The summed E-state index contributed by atoms with van der Waals surface area (Å²) in [4.78, 5) is 24.5. The van der Waals surface area contributed by atoms with Crippen molar-refractivity contribution in [1.82, 2.24) is 30.0 Å². The number of amides is 1. The van der Waals surface area contributed by atoms with Gasteiger partial charge < -0.3 is 10.1 Å². The number of anilines is 1. The molecule has 3 aromatic rings. The van der Waals surface area contributed by atoms with E-state index in [4.69, 9.17) is 4.74 Å². The SMILES string of the molecule is CNC(=O)c1ccc(Oc2cc(C3CCCCC3)nc(NS(=O)(=O)c3cnn(C)c3)n2)cn1. The van der Waals surface area contributed by atoms with Crippen LogP contribution in [0.3, 0.4) is 0 Å². The van der Waals surface area contributed by atoms with Gasteiger partial charge in [-0.2, -0.15) is 10.1 Å². The van der Waals surface area contributed by atoms with Crippen LogP contribution in [0.25, 0.3) is 0 Å². The van der Waals surface area contributed by atoms with E-state index in [1.54, 1.807) is 19.2 Å². The zero-order valence-electron chi connectivity index (χ0n) is 18.4. The number of carbonyl (C=O) groups excluding carboxylic acids is 1. The molecule has 2 N–H and O–H groups in total. The fourth-order valence-corrected chi connectivity index (χ4v) is 4.62. The molecule has 3 aromatic heterocycles.